The van der Waals surface area contributed by atoms with E-state index in [9.17, 15) is 4.79 Å². The van der Waals surface area contributed by atoms with Crippen LogP contribution in [0, 0.1) is 0 Å². The van der Waals surface area contributed by atoms with Crippen LogP contribution in [0.25, 0.3) is 27.6 Å². The Labute approximate surface area is 189 Å². The van der Waals surface area contributed by atoms with E-state index < -0.39 is 17.0 Å². The summed E-state index contributed by atoms with van der Waals surface area (Å²) in [6.07, 6.45) is 2.33. The third-order valence-electron chi connectivity index (χ3n) is 5.05. The molecule has 29 heavy (non-hydrogen) atoms. The number of carbonyl (C=O) groups is 1. The van der Waals surface area contributed by atoms with Gasteiger partial charge in [0.25, 0.3) is 0 Å². The van der Waals surface area contributed by atoms with Gasteiger partial charge in [0.2, 0.25) is 0 Å². The van der Waals surface area contributed by atoms with Gasteiger partial charge in [-0.15, -0.1) is 6.54 Å². The monoisotopic (exact) mass is 458 g/mol. The Hall–Kier alpha value is -1.58. The zero-order chi connectivity index (χ0) is 20.6. The fourth-order valence-electron chi connectivity index (χ4n) is 3.80. The Balaban J connectivity index is 0.000000755. The molecule has 1 aliphatic carbocycles. The molecule has 0 saturated heterocycles. The molecule has 0 atom stereocenters. The standard InChI is InChI=1S/C24H23NO.2ClH.Ti/c1-2-8-24(26)25-16-18-10-4-6-12-20(18)22-14-7-13-21-19-11-5-3-9-17(19)15-23(21)22;;;/h3-7,9-14H,2,8,15-16H2,1H3,(H,25,26);2*1H;/q;;;+2/p-3. The summed E-state index contributed by atoms with van der Waals surface area (Å²) in [4.78, 5) is 11.8. The zero-order valence-corrected chi connectivity index (χ0v) is 19.4. The second-order valence-electron chi connectivity index (χ2n) is 6.85. The first-order valence-corrected chi connectivity index (χ1v) is 13.9. The Morgan fingerprint density at radius 2 is 1.48 bits per heavy atom. The first-order valence-electron chi connectivity index (χ1n) is 9.64. The molecule has 0 radical (unpaired) electrons. The molecule has 2 nitrogen and oxygen atoms in total. The number of benzene rings is 3. The maximum absolute atomic E-state index is 11.8. The molecule has 3 aromatic carbocycles. The number of halogens is 2. The van der Waals surface area contributed by atoms with E-state index in [-0.39, 0.29) is 5.91 Å². The van der Waals surface area contributed by atoms with Crippen molar-refractivity contribution in [3.05, 3.63) is 88.7 Å². The first kappa shape index (κ1) is 22.1. The molecule has 0 N–H and O–H groups in total. The van der Waals surface area contributed by atoms with E-state index >= 15 is 0 Å². The van der Waals surface area contributed by atoms with E-state index in [4.69, 9.17) is 18.6 Å². The van der Waals surface area contributed by atoms with Crippen molar-refractivity contribution in [2.45, 2.75) is 32.7 Å². The van der Waals surface area contributed by atoms with Crippen molar-refractivity contribution >= 4 is 24.5 Å². The van der Waals surface area contributed by atoms with Gasteiger partial charge in [0.05, 0.1) is 5.91 Å². The normalized spacial score (nSPS) is 11.0. The van der Waals surface area contributed by atoms with Crippen LogP contribution in [0.3, 0.4) is 0 Å². The van der Waals surface area contributed by atoms with Crippen molar-refractivity contribution in [3.63, 3.8) is 0 Å². The predicted octanol–water partition coefficient (Wildman–Crippen LogP) is 7.50. The summed E-state index contributed by atoms with van der Waals surface area (Å²) in [6.45, 7) is 2.46. The second kappa shape index (κ2) is 11.0. The van der Waals surface area contributed by atoms with Crippen molar-refractivity contribution in [2.75, 3.05) is 0 Å². The van der Waals surface area contributed by atoms with Gasteiger partial charge in [-0.05, 0) is 46.2 Å². The molecule has 1 aliphatic rings. The van der Waals surface area contributed by atoms with Crippen LogP contribution >= 0.6 is 18.6 Å². The van der Waals surface area contributed by atoms with Crippen molar-refractivity contribution in [2.24, 2.45) is 0 Å². The molecule has 5 heteroatoms. The summed E-state index contributed by atoms with van der Waals surface area (Å²) in [5.41, 5.74) is 8.98. The van der Waals surface area contributed by atoms with Crippen LogP contribution in [0.5, 0.6) is 0 Å². The van der Waals surface area contributed by atoms with E-state index in [0.29, 0.717) is 13.0 Å². The van der Waals surface area contributed by atoms with Gasteiger partial charge in [0, 0.05) is 0 Å². The molecule has 0 aliphatic heterocycles. The van der Waals surface area contributed by atoms with E-state index in [0.717, 1.165) is 18.4 Å². The average Bonchev–Trinajstić information content (AvgIpc) is 3.12. The molecule has 0 spiro atoms. The van der Waals surface area contributed by atoms with Crippen molar-refractivity contribution in [1.29, 1.82) is 0 Å². The van der Waals surface area contributed by atoms with Crippen LogP contribution in [-0.4, -0.2) is 5.91 Å². The Kier molecular flexibility index (Phi) is 8.38. The van der Waals surface area contributed by atoms with Crippen LogP contribution < -0.4 is 0 Å². The van der Waals surface area contributed by atoms with Gasteiger partial charge in [0.15, 0.2) is 0 Å². The zero-order valence-electron chi connectivity index (χ0n) is 16.3. The maximum atomic E-state index is 11.8. The fourth-order valence-corrected chi connectivity index (χ4v) is 3.80. The summed E-state index contributed by atoms with van der Waals surface area (Å²) in [7, 11) is 9.78. The number of hydrogen-bond acceptors (Lipinski definition) is 1. The number of amides is 1. The van der Waals surface area contributed by atoms with Gasteiger partial charge >= 0.3 is 35.6 Å². The molecule has 4 rings (SSSR count). The third-order valence-corrected chi connectivity index (χ3v) is 5.05. The minimum absolute atomic E-state index is 0.00648. The SMILES string of the molecule is CCCC(=O)[N-]Cc1ccccc1-c1cccc2c1Cc1ccccc1-2.[Cl][Ti][Cl]. The fraction of sp³-hybridized carbons (Fsp3) is 0.208. The number of hydrogen-bond donors (Lipinski definition) is 0. The van der Waals surface area contributed by atoms with E-state index in [1.165, 1.54) is 33.4 Å². The minimum atomic E-state index is -0.556. The van der Waals surface area contributed by atoms with Crippen LogP contribution in [0.15, 0.2) is 66.7 Å². The van der Waals surface area contributed by atoms with Crippen LogP contribution in [0.4, 0.5) is 0 Å². The number of carbonyl (C=O) groups excluding carboxylic acids is 1. The number of fused-ring (bicyclic) bond motifs is 3. The third kappa shape index (κ3) is 5.32. The Bertz CT molecular complexity index is 990. The van der Waals surface area contributed by atoms with Crippen molar-refractivity contribution in [1.82, 2.24) is 0 Å². The molecule has 0 saturated carbocycles. The second-order valence-corrected chi connectivity index (χ2v) is 9.43. The van der Waals surface area contributed by atoms with Crippen LogP contribution in [0.1, 0.15) is 36.5 Å². The molecule has 0 unspecified atom stereocenters. The van der Waals surface area contributed by atoms with Crippen molar-refractivity contribution < 1.29 is 21.8 Å². The predicted molar refractivity (Wildman–Crippen MR) is 119 cm³/mol. The molecule has 0 fully saturated rings. The van der Waals surface area contributed by atoms with Crippen LogP contribution in [-0.2, 0) is 34.8 Å². The molecule has 148 valence electrons. The summed E-state index contributed by atoms with van der Waals surface area (Å²) in [5, 5.41) is 4.26. The summed E-state index contributed by atoms with van der Waals surface area (Å²) >= 11 is -0.556. The van der Waals surface area contributed by atoms with E-state index in [1.54, 1.807) is 0 Å². The van der Waals surface area contributed by atoms with Crippen molar-refractivity contribution in [3.8, 4) is 22.3 Å². The Morgan fingerprint density at radius 3 is 2.21 bits per heavy atom. The van der Waals surface area contributed by atoms with Gasteiger partial charge in [-0.2, -0.15) is 0 Å². The number of rotatable bonds is 5. The molecule has 0 aromatic heterocycles. The molecular weight excluding hydrogens is 437 g/mol. The quantitative estimate of drug-likeness (QED) is 0.285. The van der Waals surface area contributed by atoms with Gasteiger partial charge in [-0.1, -0.05) is 85.6 Å². The summed E-state index contributed by atoms with van der Waals surface area (Å²) in [6, 6.07) is 23.5. The Morgan fingerprint density at radius 1 is 0.897 bits per heavy atom. The molecular formula is C24H22Cl2NOTi-. The molecule has 3 aromatic rings. The summed E-state index contributed by atoms with van der Waals surface area (Å²) < 4.78 is 0. The van der Waals surface area contributed by atoms with Gasteiger partial charge in [0.1, 0.15) is 0 Å². The topological polar surface area (TPSA) is 31.2 Å². The molecule has 0 bridgehead atoms. The van der Waals surface area contributed by atoms with Gasteiger partial charge in [-0.25, -0.2) is 0 Å². The average molecular weight is 459 g/mol. The molecule has 1 amide bonds. The van der Waals surface area contributed by atoms with E-state index in [1.807, 2.05) is 13.0 Å². The van der Waals surface area contributed by atoms with Crippen LogP contribution in [0.2, 0.25) is 0 Å². The first-order chi connectivity index (χ1) is 14.2. The summed E-state index contributed by atoms with van der Waals surface area (Å²) in [5.74, 6) is -0.00648. The van der Waals surface area contributed by atoms with Gasteiger partial charge in [-0.3, -0.25) is 0 Å². The van der Waals surface area contributed by atoms with Gasteiger partial charge < -0.3 is 10.1 Å². The number of nitrogens with zero attached hydrogens (tertiary/aromatic N) is 1. The van der Waals surface area contributed by atoms with E-state index in [2.05, 4.69) is 66.0 Å². The molecule has 0 heterocycles.